The molecule has 2 amide bonds. The van der Waals surface area contributed by atoms with E-state index in [2.05, 4.69) is 22.2 Å². The lowest BCUT2D eigenvalue weighted by atomic mass is 10.00. The molecule has 0 spiro atoms. The number of hydrogen-bond donors (Lipinski definition) is 2. The van der Waals surface area contributed by atoms with E-state index in [1.54, 1.807) is 31.5 Å². The van der Waals surface area contributed by atoms with Crippen molar-refractivity contribution in [3.05, 3.63) is 96.6 Å². The van der Waals surface area contributed by atoms with Crippen molar-refractivity contribution >= 4 is 29.1 Å². The summed E-state index contributed by atoms with van der Waals surface area (Å²) in [5.74, 6) is -1.26. The number of carbonyl (C=O) groups is 4. The highest BCUT2D eigenvalue weighted by atomic mass is 16.6. The van der Waals surface area contributed by atoms with Crippen LogP contribution in [0.5, 0.6) is 0 Å². The van der Waals surface area contributed by atoms with Gasteiger partial charge in [-0.3, -0.25) is 14.4 Å². The average molecular weight is 589 g/mol. The second-order valence-corrected chi connectivity index (χ2v) is 11.8. The lowest BCUT2D eigenvalue weighted by Crippen LogP contribution is -2.59. The van der Waals surface area contributed by atoms with Crippen LogP contribution in [0, 0.1) is 0 Å². The van der Waals surface area contributed by atoms with Crippen molar-refractivity contribution in [3.8, 4) is 0 Å². The van der Waals surface area contributed by atoms with Crippen molar-refractivity contribution in [3.63, 3.8) is 0 Å². The van der Waals surface area contributed by atoms with Gasteiger partial charge in [-0.15, -0.1) is 0 Å². The number of carbonyl (C=O) groups excluding carboxylic acids is 4. The van der Waals surface area contributed by atoms with Gasteiger partial charge in [0.1, 0.15) is 23.2 Å². The summed E-state index contributed by atoms with van der Waals surface area (Å²) in [5.41, 5.74) is -0.242. The number of benzene rings is 2. The molecule has 3 rings (SSSR count). The number of aromatic nitrogens is 2. The van der Waals surface area contributed by atoms with E-state index in [4.69, 9.17) is 9.47 Å². The second-order valence-electron chi connectivity index (χ2n) is 11.8. The fourth-order valence-corrected chi connectivity index (χ4v) is 4.23. The van der Waals surface area contributed by atoms with E-state index in [-0.39, 0.29) is 30.3 Å². The maximum absolute atomic E-state index is 13.7. The predicted octanol–water partition coefficient (Wildman–Crippen LogP) is 4.65. The molecule has 2 aromatic carbocycles. The molecule has 0 saturated heterocycles. The van der Waals surface area contributed by atoms with Crippen LogP contribution >= 0.6 is 0 Å². The molecule has 43 heavy (non-hydrogen) atoms. The number of hydrogen-bond acceptors (Lipinski definition) is 7. The second kappa shape index (κ2) is 14.1. The quantitative estimate of drug-likeness (QED) is 0.278. The molecule has 0 bridgehead atoms. The highest BCUT2D eigenvalue weighted by Gasteiger charge is 2.35. The van der Waals surface area contributed by atoms with E-state index in [0.717, 1.165) is 11.1 Å². The van der Waals surface area contributed by atoms with Gasteiger partial charge in [-0.05, 0) is 52.7 Å². The molecule has 0 aliphatic heterocycles. The number of nitrogens with zero attached hydrogens (tertiary/aromatic N) is 2. The van der Waals surface area contributed by atoms with Crippen LogP contribution < -0.4 is 10.6 Å². The summed E-state index contributed by atoms with van der Waals surface area (Å²) in [5, 5.41) is 5.25. The van der Waals surface area contributed by atoms with Crippen molar-refractivity contribution in [2.24, 2.45) is 0 Å². The van der Waals surface area contributed by atoms with Gasteiger partial charge >= 0.3 is 6.09 Å². The Morgan fingerprint density at radius 3 is 2.14 bits per heavy atom. The molecule has 0 fully saturated rings. The standard InChI is InChI=1S/C33H40N4O6/c1-22(26-18-37(21-34-26)28(23(2)38)25-16-12-9-13-17-25)29(39)27(20-42-19-24-14-10-8-11-15-24)35-30(40)33(6,7)36-31(41)43-32(3,4)5/h8-18,21,27-28H,1,19-20H2,2-7H3,(H,35,40)(H,36,41)/t27-,28?/m1/s1. The van der Waals surface area contributed by atoms with E-state index < -0.39 is 41.0 Å². The third kappa shape index (κ3) is 9.47. The Hall–Kier alpha value is -4.57. The molecule has 3 aromatic rings. The number of ketones is 2. The fourth-order valence-electron chi connectivity index (χ4n) is 4.23. The van der Waals surface area contributed by atoms with Crippen LogP contribution in [-0.2, 0) is 30.5 Å². The van der Waals surface area contributed by atoms with Gasteiger partial charge in [0.15, 0.2) is 11.6 Å². The first-order valence-electron chi connectivity index (χ1n) is 13.9. The zero-order chi connectivity index (χ0) is 31.8. The van der Waals surface area contributed by atoms with Crippen molar-refractivity contribution in [1.82, 2.24) is 20.2 Å². The van der Waals surface area contributed by atoms with Gasteiger partial charge in [0.25, 0.3) is 0 Å². The summed E-state index contributed by atoms with van der Waals surface area (Å²) in [6.07, 6.45) is 2.28. The Bertz CT molecular complexity index is 1440. The number of amides is 2. The van der Waals surface area contributed by atoms with Crippen LogP contribution in [0.1, 0.15) is 64.4 Å². The monoisotopic (exact) mass is 588 g/mol. The smallest absolute Gasteiger partial charge is 0.408 e. The maximum Gasteiger partial charge on any atom is 0.408 e. The van der Waals surface area contributed by atoms with Crippen LogP contribution in [-0.4, -0.2) is 56.9 Å². The van der Waals surface area contributed by atoms with E-state index in [1.807, 2.05) is 60.7 Å². The summed E-state index contributed by atoms with van der Waals surface area (Å²) < 4.78 is 12.7. The van der Waals surface area contributed by atoms with Gasteiger partial charge in [0.2, 0.25) is 5.91 Å². The number of alkyl carbamates (subject to hydrolysis) is 1. The van der Waals surface area contributed by atoms with Gasteiger partial charge in [-0.1, -0.05) is 67.2 Å². The molecule has 10 heteroatoms. The van der Waals surface area contributed by atoms with Crippen LogP contribution in [0.4, 0.5) is 4.79 Å². The Balaban J connectivity index is 1.80. The van der Waals surface area contributed by atoms with Crippen LogP contribution in [0.2, 0.25) is 0 Å². The molecule has 2 atom stereocenters. The van der Waals surface area contributed by atoms with E-state index in [0.29, 0.717) is 0 Å². The maximum atomic E-state index is 13.7. The number of rotatable bonds is 13. The van der Waals surface area contributed by atoms with E-state index in [9.17, 15) is 19.2 Å². The molecule has 228 valence electrons. The summed E-state index contributed by atoms with van der Waals surface area (Å²) in [4.78, 5) is 56.3. The lowest BCUT2D eigenvalue weighted by molar-refractivity contribution is -0.130. The molecule has 2 N–H and O–H groups in total. The Labute approximate surface area is 252 Å². The predicted molar refractivity (Wildman–Crippen MR) is 163 cm³/mol. The van der Waals surface area contributed by atoms with Gasteiger partial charge in [-0.2, -0.15) is 0 Å². The Kier molecular flexibility index (Phi) is 10.8. The van der Waals surface area contributed by atoms with Gasteiger partial charge in [0.05, 0.1) is 25.2 Å². The topological polar surface area (TPSA) is 129 Å². The van der Waals surface area contributed by atoms with Crippen LogP contribution in [0.15, 0.2) is 79.8 Å². The molecule has 0 aliphatic rings. The molecule has 1 heterocycles. The summed E-state index contributed by atoms with van der Waals surface area (Å²) in [7, 11) is 0. The Morgan fingerprint density at radius 1 is 0.953 bits per heavy atom. The number of Topliss-reactive ketones (excluding diaryl/α,β-unsaturated/α-hetero) is 2. The first-order valence-corrected chi connectivity index (χ1v) is 13.9. The lowest BCUT2D eigenvalue weighted by Gasteiger charge is -2.29. The first kappa shape index (κ1) is 32.9. The van der Waals surface area contributed by atoms with Crippen LogP contribution in [0.25, 0.3) is 5.57 Å². The van der Waals surface area contributed by atoms with Crippen molar-refractivity contribution < 1.29 is 28.7 Å². The van der Waals surface area contributed by atoms with Gasteiger partial charge < -0.3 is 24.7 Å². The van der Waals surface area contributed by atoms with Crippen molar-refractivity contribution in [2.75, 3.05) is 6.61 Å². The third-order valence-corrected chi connectivity index (χ3v) is 6.41. The first-order chi connectivity index (χ1) is 20.2. The highest BCUT2D eigenvalue weighted by Crippen LogP contribution is 2.22. The summed E-state index contributed by atoms with van der Waals surface area (Å²) in [6.45, 7) is 13.6. The van der Waals surface area contributed by atoms with Crippen molar-refractivity contribution in [1.29, 1.82) is 0 Å². The highest BCUT2D eigenvalue weighted by molar-refractivity contribution is 6.22. The number of nitrogens with one attached hydrogen (secondary N) is 2. The van der Waals surface area contributed by atoms with Gasteiger partial charge in [-0.25, -0.2) is 9.78 Å². The molecular weight excluding hydrogens is 548 g/mol. The van der Waals surface area contributed by atoms with Gasteiger partial charge in [0, 0.05) is 11.8 Å². The molecular formula is C33H40N4O6. The minimum Gasteiger partial charge on any atom is -0.444 e. The molecule has 0 aliphatic carbocycles. The third-order valence-electron chi connectivity index (χ3n) is 6.41. The normalized spacial score (nSPS) is 13.0. The zero-order valence-electron chi connectivity index (χ0n) is 25.5. The summed E-state index contributed by atoms with van der Waals surface area (Å²) in [6, 6.07) is 16.8. The zero-order valence-corrected chi connectivity index (χ0v) is 25.5. The minimum absolute atomic E-state index is 0.0284. The average Bonchev–Trinajstić information content (AvgIpc) is 3.40. The summed E-state index contributed by atoms with van der Waals surface area (Å²) >= 11 is 0. The SMILES string of the molecule is C=C(C(=O)[C@@H](COCc1ccccc1)NC(=O)C(C)(C)NC(=O)OC(C)(C)C)c1cn(C(C(C)=O)c2ccccc2)cn1. The number of imidazole rings is 1. The molecule has 1 unspecified atom stereocenters. The number of ether oxygens (including phenoxy) is 2. The minimum atomic E-state index is -1.42. The Morgan fingerprint density at radius 2 is 1.56 bits per heavy atom. The van der Waals surface area contributed by atoms with E-state index in [1.165, 1.54) is 27.1 Å². The molecule has 1 aromatic heterocycles. The fraction of sp³-hybridized carbons (Fsp3) is 0.364. The van der Waals surface area contributed by atoms with E-state index >= 15 is 0 Å². The van der Waals surface area contributed by atoms with Crippen LogP contribution in [0.3, 0.4) is 0 Å². The largest absolute Gasteiger partial charge is 0.444 e. The molecule has 0 radical (unpaired) electrons. The van der Waals surface area contributed by atoms with Crippen molar-refractivity contribution in [2.45, 2.75) is 71.4 Å². The molecule has 10 nitrogen and oxygen atoms in total. The molecule has 0 saturated carbocycles.